The molecule has 1 aromatic rings. The Morgan fingerprint density at radius 3 is 2.31 bits per heavy atom. The molecule has 7 nitrogen and oxygen atoms in total. The summed E-state index contributed by atoms with van der Waals surface area (Å²) in [5, 5.41) is 3.98. The lowest BCUT2D eigenvalue weighted by Gasteiger charge is -2.32. The second kappa shape index (κ2) is 11.8. The Labute approximate surface area is 222 Å². The van der Waals surface area contributed by atoms with E-state index < -0.39 is 6.04 Å². The maximum atomic E-state index is 13.5. The van der Waals surface area contributed by atoms with Crippen LogP contribution in [0.2, 0.25) is 10.0 Å². The third-order valence-electron chi connectivity index (χ3n) is 7.62. The van der Waals surface area contributed by atoms with Crippen molar-refractivity contribution >= 4 is 46.8 Å². The Kier molecular flexibility index (Phi) is 8.73. The van der Waals surface area contributed by atoms with Gasteiger partial charge in [0.05, 0.1) is 11.8 Å². The van der Waals surface area contributed by atoms with E-state index in [1.807, 2.05) is 12.2 Å². The third kappa shape index (κ3) is 5.94. The van der Waals surface area contributed by atoms with Crippen LogP contribution in [0.25, 0.3) is 0 Å². The van der Waals surface area contributed by atoms with E-state index in [9.17, 15) is 19.2 Å². The molecule has 1 saturated heterocycles. The van der Waals surface area contributed by atoms with E-state index in [0.717, 1.165) is 25.7 Å². The number of hydrogen-bond donors (Lipinski definition) is 1. The number of imide groups is 1. The highest BCUT2D eigenvalue weighted by Gasteiger charge is 2.47. The highest BCUT2D eigenvalue weighted by atomic mass is 35.5. The molecule has 3 aliphatic rings. The molecular weight excluding hydrogens is 501 g/mol. The summed E-state index contributed by atoms with van der Waals surface area (Å²) in [6, 6.07) is 4.40. The number of nitrogens with one attached hydrogen (secondary N) is 1. The van der Waals surface area contributed by atoms with E-state index in [1.54, 1.807) is 25.1 Å². The number of benzene rings is 1. The summed E-state index contributed by atoms with van der Waals surface area (Å²) in [5.41, 5.74) is 0.664. The fourth-order valence-electron chi connectivity index (χ4n) is 5.43. The van der Waals surface area contributed by atoms with Gasteiger partial charge in [-0.1, -0.05) is 60.7 Å². The Morgan fingerprint density at radius 1 is 1.06 bits per heavy atom. The average Bonchev–Trinajstić information content (AvgIpc) is 3.11. The van der Waals surface area contributed by atoms with Crippen LogP contribution in [0.3, 0.4) is 0 Å². The predicted molar refractivity (Wildman–Crippen MR) is 138 cm³/mol. The molecule has 1 unspecified atom stereocenters. The number of fused-ring (bicyclic) bond motifs is 1. The van der Waals surface area contributed by atoms with Crippen molar-refractivity contribution in [2.24, 2.45) is 11.8 Å². The van der Waals surface area contributed by atoms with E-state index in [0.29, 0.717) is 28.5 Å². The number of halogens is 2. The summed E-state index contributed by atoms with van der Waals surface area (Å²) < 4.78 is 0. The number of likely N-dealkylation sites (tertiary alicyclic amines) is 1. The first-order chi connectivity index (χ1) is 17.3. The van der Waals surface area contributed by atoms with Gasteiger partial charge in [0.1, 0.15) is 6.04 Å². The van der Waals surface area contributed by atoms with Crippen LogP contribution in [0.15, 0.2) is 30.4 Å². The number of carbonyl (C=O) groups excluding carboxylic acids is 4. The Bertz CT molecular complexity index is 1030. The van der Waals surface area contributed by atoms with Crippen LogP contribution in [0.1, 0.15) is 63.9 Å². The SMILES string of the molecule is CC(C(=O)NC1CCCCC1)N(Cc1ccc(Cl)cc1Cl)C(=O)CCN1C(=O)[C@H]2CC=CC[C@H]2C1=O. The highest BCUT2D eigenvalue weighted by molar-refractivity contribution is 6.35. The second-order valence-corrected chi connectivity index (χ2v) is 10.9. The molecule has 0 spiro atoms. The molecule has 194 valence electrons. The Morgan fingerprint density at radius 2 is 1.69 bits per heavy atom. The molecule has 0 radical (unpaired) electrons. The van der Waals surface area contributed by atoms with Gasteiger partial charge in [0.25, 0.3) is 0 Å². The standard InChI is InChI=1S/C27H33Cl2N3O4/c1-17(25(34)30-20-7-3-2-4-8-20)32(16-18-11-12-19(28)15-23(18)29)24(33)13-14-31-26(35)21-9-5-6-10-22(21)27(31)36/h5-6,11-12,15,17,20-22H,2-4,7-10,13-14,16H2,1H3,(H,30,34)/t17?,21-,22+. The van der Waals surface area contributed by atoms with Crippen LogP contribution in [-0.2, 0) is 25.7 Å². The van der Waals surface area contributed by atoms with Gasteiger partial charge in [-0.2, -0.15) is 0 Å². The van der Waals surface area contributed by atoms with Gasteiger partial charge >= 0.3 is 0 Å². The van der Waals surface area contributed by atoms with E-state index in [4.69, 9.17) is 23.2 Å². The molecule has 9 heteroatoms. The van der Waals surface area contributed by atoms with Crippen LogP contribution < -0.4 is 5.32 Å². The van der Waals surface area contributed by atoms with Crippen LogP contribution in [-0.4, -0.2) is 52.1 Å². The molecule has 1 heterocycles. The minimum Gasteiger partial charge on any atom is -0.352 e. The van der Waals surface area contributed by atoms with Crippen molar-refractivity contribution in [1.29, 1.82) is 0 Å². The first-order valence-corrected chi connectivity index (χ1v) is 13.6. The van der Waals surface area contributed by atoms with Crippen LogP contribution in [0.4, 0.5) is 0 Å². The zero-order valence-electron chi connectivity index (χ0n) is 20.6. The molecule has 2 fully saturated rings. The number of rotatable bonds is 8. The quantitative estimate of drug-likeness (QED) is 0.393. The zero-order valence-corrected chi connectivity index (χ0v) is 22.1. The van der Waals surface area contributed by atoms with Crippen molar-refractivity contribution in [3.8, 4) is 0 Å². The minimum atomic E-state index is -0.747. The summed E-state index contributed by atoms with van der Waals surface area (Å²) in [5.74, 6) is -1.62. The number of allylic oxidation sites excluding steroid dienone is 2. The monoisotopic (exact) mass is 533 g/mol. The molecule has 1 N–H and O–H groups in total. The maximum Gasteiger partial charge on any atom is 0.242 e. The second-order valence-electron chi connectivity index (χ2n) is 10.0. The fraction of sp³-hybridized carbons (Fsp3) is 0.556. The Hall–Kier alpha value is -2.38. The lowest BCUT2D eigenvalue weighted by molar-refractivity contribution is -0.144. The van der Waals surface area contributed by atoms with Crippen LogP contribution in [0, 0.1) is 11.8 Å². The van der Waals surface area contributed by atoms with E-state index >= 15 is 0 Å². The Balaban J connectivity index is 1.46. The molecule has 3 atom stereocenters. The molecular formula is C27H33Cl2N3O4. The minimum absolute atomic E-state index is 0.00527. The number of amides is 4. The van der Waals surface area contributed by atoms with Crippen molar-refractivity contribution in [2.75, 3.05) is 6.54 Å². The first-order valence-electron chi connectivity index (χ1n) is 12.8. The topological polar surface area (TPSA) is 86.8 Å². The lowest BCUT2D eigenvalue weighted by Crippen LogP contribution is -2.51. The largest absolute Gasteiger partial charge is 0.352 e. The van der Waals surface area contributed by atoms with Gasteiger partial charge in [-0.3, -0.25) is 24.1 Å². The molecule has 1 saturated carbocycles. The number of nitrogens with zero attached hydrogens (tertiary/aromatic N) is 2. The van der Waals surface area contributed by atoms with Gasteiger partial charge < -0.3 is 10.2 Å². The van der Waals surface area contributed by atoms with Gasteiger partial charge in [-0.15, -0.1) is 0 Å². The van der Waals surface area contributed by atoms with E-state index in [-0.39, 0.29) is 61.0 Å². The van der Waals surface area contributed by atoms with Gasteiger partial charge in [0.2, 0.25) is 23.6 Å². The normalized spacial score (nSPS) is 22.9. The fourth-order valence-corrected chi connectivity index (χ4v) is 5.89. The molecule has 4 rings (SSSR count). The van der Waals surface area contributed by atoms with Gasteiger partial charge in [-0.05, 0) is 50.3 Å². The van der Waals surface area contributed by atoms with Gasteiger partial charge in [-0.25, -0.2) is 0 Å². The molecule has 0 bridgehead atoms. The summed E-state index contributed by atoms with van der Waals surface area (Å²) in [4.78, 5) is 54.9. The molecule has 2 aliphatic carbocycles. The van der Waals surface area contributed by atoms with Gasteiger partial charge in [0.15, 0.2) is 0 Å². The maximum absolute atomic E-state index is 13.5. The number of hydrogen-bond acceptors (Lipinski definition) is 4. The zero-order chi connectivity index (χ0) is 25.8. The highest BCUT2D eigenvalue weighted by Crippen LogP contribution is 2.35. The molecule has 1 aliphatic heterocycles. The van der Waals surface area contributed by atoms with E-state index in [1.165, 1.54) is 16.2 Å². The summed E-state index contributed by atoms with van der Waals surface area (Å²) in [7, 11) is 0. The molecule has 36 heavy (non-hydrogen) atoms. The number of carbonyl (C=O) groups is 4. The van der Waals surface area contributed by atoms with Crippen LogP contribution >= 0.6 is 23.2 Å². The summed E-state index contributed by atoms with van der Waals surface area (Å²) in [6.07, 6.45) is 10.1. The smallest absolute Gasteiger partial charge is 0.242 e. The predicted octanol–water partition coefficient (Wildman–Crippen LogP) is 4.50. The van der Waals surface area contributed by atoms with Crippen molar-refractivity contribution in [3.05, 3.63) is 46.0 Å². The molecule has 4 amide bonds. The van der Waals surface area contributed by atoms with E-state index in [2.05, 4.69) is 5.32 Å². The third-order valence-corrected chi connectivity index (χ3v) is 8.21. The summed E-state index contributed by atoms with van der Waals surface area (Å²) in [6.45, 7) is 1.82. The van der Waals surface area contributed by atoms with Gasteiger partial charge in [0, 0.05) is 35.6 Å². The first kappa shape index (κ1) is 26.7. The van der Waals surface area contributed by atoms with Crippen molar-refractivity contribution < 1.29 is 19.2 Å². The van der Waals surface area contributed by atoms with Crippen molar-refractivity contribution in [3.63, 3.8) is 0 Å². The molecule has 1 aromatic carbocycles. The lowest BCUT2D eigenvalue weighted by atomic mass is 9.85. The average molecular weight is 534 g/mol. The summed E-state index contributed by atoms with van der Waals surface area (Å²) >= 11 is 12.4. The van der Waals surface area contributed by atoms with Crippen LogP contribution in [0.5, 0.6) is 0 Å². The van der Waals surface area contributed by atoms with Crippen molar-refractivity contribution in [1.82, 2.24) is 15.1 Å². The molecule has 0 aromatic heterocycles. The van der Waals surface area contributed by atoms with Crippen molar-refractivity contribution in [2.45, 2.75) is 76.9 Å².